The molecule has 0 radical (unpaired) electrons. The Morgan fingerprint density at radius 2 is 2.26 bits per heavy atom. The van der Waals surface area contributed by atoms with Crippen molar-refractivity contribution in [1.82, 2.24) is 4.98 Å². The fourth-order valence-electron chi connectivity index (χ4n) is 1.51. The normalized spacial score (nSPS) is 10.1. The number of aromatic nitrogens is 1. The number of anilines is 1. The molecule has 2 aromatic rings. The zero-order chi connectivity index (χ0) is 13.5. The Labute approximate surface area is 115 Å². The van der Waals surface area contributed by atoms with Crippen LogP contribution >= 0.6 is 11.3 Å². The number of hydrogen-bond donors (Lipinski definition) is 2. The van der Waals surface area contributed by atoms with Gasteiger partial charge in [-0.15, -0.1) is 11.3 Å². The number of carbonyl (C=O) groups is 1. The zero-order valence-corrected chi connectivity index (χ0v) is 11.2. The summed E-state index contributed by atoms with van der Waals surface area (Å²) in [6.45, 7) is 0.921. The number of nitrogens with one attached hydrogen (secondary N) is 1. The van der Waals surface area contributed by atoms with Crippen LogP contribution in [-0.4, -0.2) is 17.5 Å². The molecular formula is C13H15N3O2S. The first-order valence-corrected chi connectivity index (χ1v) is 6.81. The van der Waals surface area contributed by atoms with Gasteiger partial charge in [-0.1, -0.05) is 12.1 Å². The molecule has 0 atom stereocenters. The van der Waals surface area contributed by atoms with Crippen LogP contribution in [0.2, 0.25) is 0 Å². The maximum Gasteiger partial charge on any atom is 0.220 e. The second-order valence-electron chi connectivity index (χ2n) is 3.89. The third-order valence-corrected chi connectivity index (χ3v) is 3.07. The van der Waals surface area contributed by atoms with E-state index in [0.29, 0.717) is 12.3 Å². The molecule has 1 heterocycles. The van der Waals surface area contributed by atoms with Gasteiger partial charge < -0.3 is 15.8 Å². The van der Waals surface area contributed by atoms with Gasteiger partial charge in [0.2, 0.25) is 5.91 Å². The van der Waals surface area contributed by atoms with Crippen molar-refractivity contribution in [2.24, 2.45) is 5.73 Å². The lowest BCUT2D eigenvalue weighted by atomic mass is 10.3. The molecule has 1 aromatic carbocycles. The summed E-state index contributed by atoms with van der Waals surface area (Å²) in [4.78, 5) is 14.9. The third-order valence-electron chi connectivity index (χ3n) is 2.44. The standard InChI is InChI=1S/C13H15N3O2S/c14-13(17)5-6-18-12-4-2-1-3-11(12)15-7-10-8-19-9-16-10/h1-4,8-9,15H,5-7H2,(H2,14,17). The zero-order valence-electron chi connectivity index (χ0n) is 10.3. The van der Waals surface area contributed by atoms with Crippen LogP contribution < -0.4 is 15.8 Å². The minimum absolute atomic E-state index is 0.209. The summed E-state index contributed by atoms with van der Waals surface area (Å²) in [5.41, 5.74) is 8.73. The smallest absolute Gasteiger partial charge is 0.220 e. The summed E-state index contributed by atoms with van der Waals surface area (Å²) in [5, 5.41) is 5.25. The van der Waals surface area contributed by atoms with Crippen molar-refractivity contribution >= 4 is 22.9 Å². The monoisotopic (exact) mass is 277 g/mol. The van der Waals surface area contributed by atoms with E-state index >= 15 is 0 Å². The number of para-hydroxylation sites is 2. The number of ether oxygens (including phenoxy) is 1. The molecule has 0 saturated carbocycles. The predicted octanol–water partition coefficient (Wildman–Crippen LogP) is 2.01. The molecular weight excluding hydrogens is 262 g/mol. The molecule has 0 aliphatic heterocycles. The minimum Gasteiger partial charge on any atom is -0.491 e. The maximum atomic E-state index is 10.7. The molecule has 0 saturated heterocycles. The lowest BCUT2D eigenvalue weighted by Crippen LogP contribution is -2.15. The SMILES string of the molecule is NC(=O)CCOc1ccccc1NCc1cscn1. The highest BCUT2D eigenvalue weighted by atomic mass is 32.1. The Morgan fingerprint density at radius 1 is 1.42 bits per heavy atom. The number of primary amides is 1. The molecule has 0 spiro atoms. The summed E-state index contributed by atoms with van der Waals surface area (Å²) in [5.74, 6) is 0.340. The summed E-state index contributed by atoms with van der Waals surface area (Å²) in [6, 6.07) is 7.58. The van der Waals surface area contributed by atoms with E-state index in [0.717, 1.165) is 11.4 Å². The molecule has 1 aromatic heterocycles. The van der Waals surface area contributed by atoms with Crippen molar-refractivity contribution in [3.05, 3.63) is 40.8 Å². The van der Waals surface area contributed by atoms with Crippen LogP contribution in [0.25, 0.3) is 0 Å². The van der Waals surface area contributed by atoms with Gasteiger partial charge in [-0.05, 0) is 12.1 Å². The predicted molar refractivity (Wildman–Crippen MR) is 75.2 cm³/mol. The summed E-state index contributed by atoms with van der Waals surface area (Å²) < 4.78 is 5.54. The van der Waals surface area contributed by atoms with Crippen LogP contribution in [0.3, 0.4) is 0 Å². The number of amides is 1. The Bertz CT molecular complexity index is 528. The molecule has 0 bridgehead atoms. The number of thiazole rings is 1. The lowest BCUT2D eigenvalue weighted by molar-refractivity contribution is -0.118. The Balaban J connectivity index is 1.93. The van der Waals surface area contributed by atoms with Gasteiger partial charge in [0.15, 0.2) is 0 Å². The second-order valence-corrected chi connectivity index (χ2v) is 4.61. The summed E-state index contributed by atoms with van der Waals surface area (Å²) >= 11 is 1.56. The lowest BCUT2D eigenvalue weighted by Gasteiger charge is -2.12. The van der Waals surface area contributed by atoms with E-state index in [9.17, 15) is 4.79 Å². The van der Waals surface area contributed by atoms with Crippen LogP contribution in [0.4, 0.5) is 5.69 Å². The van der Waals surface area contributed by atoms with Crippen molar-refractivity contribution in [3.63, 3.8) is 0 Å². The van der Waals surface area contributed by atoms with Crippen LogP contribution in [0.15, 0.2) is 35.2 Å². The molecule has 19 heavy (non-hydrogen) atoms. The number of rotatable bonds is 7. The van der Waals surface area contributed by atoms with Crippen LogP contribution in [0, 0.1) is 0 Å². The molecule has 0 unspecified atom stereocenters. The number of nitrogens with two attached hydrogens (primary N) is 1. The van der Waals surface area contributed by atoms with Gasteiger partial charge in [-0.3, -0.25) is 4.79 Å². The molecule has 0 aliphatic carbocycles. The van der Waals surface area contributed by atoms with E-state index in [1.807, 2.05) is 29.6 Å². The fraction of sp³-hybridized carbons (Fsp3) is 0.231. The molecule has 3 N–H and O–H groups in total. The third kappa shape index (κ3) is 4.26. The summed E-state index contributed by atoms with van der Waals surface area (Å²) in [7, 11) is 0. The van der Waals surface area contributed by atoms with E-state index in [-0.39, 0.29) is 18.9 Å². The van der Waals surface area contributed by atoms with Gasteiger partial charge in [0.25, 0.3) is 0 Å². The van der Waals surface area contributed by atoms with E-state index in [4.69, 9.17) is 10.5 Å². The molecule has 6 heteroatoms. The van der Waals surface area contributed by atoms with E-state index in [2.05, 4.69) is 10.3 Å². The molecule has 100 valence electrons. The average molecular weight is 277 g/mol. The highest BCUT2D eigenvalue weighted by molar-refractivity contribution is 7.07. The highest BCUT2D eigenvalue weighted by Gasteiger charge is 2.04. The van der Waals surface area contributed by atoms with Crippen molar-refractivity contribution < 1.29 is 9.53 Å². The van der Waals surface area contributed by atoms with Crippen LogP contribution in [0.1, 0.15) is 12.1 Å². The first kappa shape index (κ1) is 13.4. The van der Waals surface area contributed by atoms with Gasteiger partial charge in [0, 0.05) is 5.38 Å². The Kier molecular flexibility index (Phi) is 4.74. The molecule has 1 amide bonds. The number of carbonyl (C=O) groups excluding carboxylic acids is 1. The fourth-order valence-corrected chi connectivity index (χ4v) is 2.07. The van der Waals surface area contributed by atoms with Crippen molar-refractivity contribution in [1.29, 1.82) is 0 Å². The first-order valence-electron chi connectivity index (χ1n) is 5.87. The van der Waals surface area contributed by atoms with Gasteiger partial charge in [0.05, 0.1) is 36.5 Å². The van der Waals surface area contributed by atoms with Gasteiger partial charge in [0.1, 0.15) is 5.75 Å². The molecule has 2 rings (SSSR count). The van der Waals surface area contributed by atoms with Gasteiger partial charge in [-0.25, -0.2) is 4.98 Å². The van der Waals surface area contributed by atoms with Crippen molar-refractivity contribution in [2.45, 2.75) is 13.0 Å². The summed E-state index contributed by atoms with van der Waals surface area (Å²) in [6.07, 6.45) is 0.209. The second kappa shape index (κ2) is 6.75. The number of benzene rings is 1. The molecule has 5 nitrogen and oxygen atoms in total. The topological polar surface area (TPSA) is 77.2 Å². The van der Waals surface area contributed by atoms with Crippen molar-refractivity contribution in [3.8, 4) is 5.75 Å². The van der Waals surface area contributed by atoms with E-state index in [1.54, 1.807) is 16.8 Å². The number of nitrogens with zero attached hydrogens (tertiary/aromatic N) is 1. The average Bonchev–Trinajstić information content (AvgIpc) is 2.90. The molecule has 0 aliphatic rings. The van der Waals surface area contributed by atoms with E-state index in [1.165, 1.54) is 0 Å². The number of hydrogen-bond acceptors (Lipinski definition) is 5. The van der Waals surface area contributed by atoms with Crippen LogP contribution in [0.5, 0.6) is 5.75 Å². The quantitative estimate of drug-likeness (QED) is 0.811. The van der Waals surface area contributed by atoms with Gasteiger partial charge in [-0.2, -0.15) is 0 Å². The first-order chi connectivity index (χ1) is 9.25. The highest BCUT2D eigenvalue weighted by Crippen LogP contribution is 2.24. The van der Waals surface area contributed by atoms with E-state index < -0.39 is 0 Å². The minimum atomic E-state index is -0.368. The Morgan fingerprint density at radius 3 is 3.00 bits per heavy atom. The Hall–Kier alpha value is -2.08. The van der Waals surface area contributed by atoms with Crippen molar-refractivity contribution in [2.75, 3.05) is 11.9 Å². The maximum absolute atomic E-state index is 10.7. The van der Waals surface area contributed by atoms with Crippen LogP contribution in [-0.2, 0) is 11.3 Å². The van der Waals surface area contributed by atoms with Gasteiger partial charge >= 0.3 is 0 Å². The molecule has 0 fully saturated rings. The largest absolute Gasteiger partial charge is 0.491 e.